The smallest absolute Gasteiger partial charge is 0.0774 e. The standard InChI is InChI=1S/C11H23NO2/c1-4-7-14-8-10(12-2)11(13-3)9-5-6-9/h9-12H,4-8H2,1-3H3. The first kappa shape index (κ1) is 12.0. The van der Waals surface area contributed by atoms with Crippen LogP contribution in [0.5, 0.6) is 0 Å². The molecule has 1 aliphatic carbocycles. The van der Waals surface area contributed by atoms with Crippen LogP contribution in [0.25, 0.3) is 0 Å². The van der Waals surface area contributed by atoms with E-state index < -0.39 is 0 Å². The second kappa shape index (κ2) is 6.38. The van der Waals surface area contributed by atoms with Crippen LogP contribution in [-0.2, 0) is 9.47 Å². The number of hydrogen-bond donors (Lipinski definition) is 1. The van der Waals surface area contributed by atoms with Crippen LogP contribution in [0.15, 0.2) is 0 Å². The summed E-state index contributed by atoms with van der Waals surface area (Å²) in [6.45, 7) is 3.74. The normalized spacial score (nSPS) is 20.8. The van der Waals surface area contributed by atoms with Gasteiger partial charge in [-0.15, -0.1) is 0 Å². The van der Waals surface area contributed by atoms with Crippen molar-refractivity contribution in [3.8, 4) is 0 Å². The Morgan fingerprint density at radius 3 is 2.57 bits per heavy atom. The third-order valence-electron chi connectivity index (χ3n) is 2.77. The van der Waals surface area contributed by atoms with Gasteiger partial charge in [0.05, 0.1) is 18.8 Å². The lowest BCUT2D eigenvalue weighted by molar-refractivity contribution is 0.0121. The number of ether oxygens (including phenoxy) is 2. The topological polar surface area (TPSA) is 30.5 Å². The molecule has 14 heavy (non-hydrogen) atoms. The molecular weight excluding hydrogens is 178 g/mol. The number of methoxy groups -OCH3 is 1. The summed E-state index contributed by atoms with van der Waals surface area (Å²) in [6, 6.07) is 0.346. The molecule has 0 saturated heterocycles. The van der Waals surface area contributed by atoms with Gasteiger partial charge in [0.15, 0.2) is 0 Å². The fourth-order valence-electron chi connectivity index (χ4n) is 1.81. The van der Waals surface area contributed by atoms with Gasteiger partial charge in [-0.3, -0.25) is 0 Å². The van der Waals surface area contributed by atoms with Crippen LogP contribution < -0.4 is 5.32 Å². The molecule has 3 heteroatoms. The molecule has 0 amide bonds. The van der Waals surface area contributed by atoms with Gasteiger partial charge in [-0.1, -0.05) is 6.92 Å². The second-order valence-electron chi connectivity index (χ2n) is 4.01. The molecule has 2 unspecified atom stereocenters. The predicted octanol–water partition coefficient (Wildman–Crippen LogP) is 1.43. The van der Waals surface area contributed by atoms with Gasteiger partial charge in [0.1, 0.15) is 0 Å². The lowest BCUT2D eigenvalue weighted by Gasteiger charge is -2.25. The first-order chi connectivity index (χ1) is 6.83. The Balaban J connectivity index is 2.26. The Labute approximate surface area is 87.2 Å². The summed E-state index contributed by atoms with van der Waals surface area (Å²) in [5, 5.41) is 3.28. The molecule has 0 bridgehead atoms. The van der Waals surface area contributed by atoms with Crippen LogP contribution in [0.2, 0.25) is 0 Å². The minimum atomic E-state index is 0.330. The largest absolute Gasteiger partial charge is 0.380 e. The predicted molar refractivity (Wildman–Crippen MR) is 57.5 cm³/mol. The second-order valence-corrected chi connectivity index (χ2v) is 4.01. The fraction of sp³-hybridized carbons (Fsp3) is 1.00. The van der Waals surface area contributed by atoms with E-state index in [0.29, 0.717) is 12.1 Å². The molecule has 84 valence electrons. The van der Waals surface area contributed by atoms with Gasteiger partial charge < -0.3 is 14.8 Å². The minimum Gasteiger partial charge on any atom is -0.380 e. The summed E-state index contributed by atoms with van der Waals surface area (Å²) in [4.78, 5) is 0. The lowest BCUT2D eigenvalue weighted by atomic mass is 10.1. The maximum Gasteiger partial charge on any atom is 0.0774 e. The Morgan fingerprint density at radius 2 is 2.14 bits per heavy atom. The van der Waals surface area contributed by atoms with E-state index in [2.05, 4.69) is 12.2 Å². The number of rotatable bonds is 8. The quantitative estimate of drug-likeness (QED) is 0.603. The maximum atomic E-state index is 5.55. The third kappa shape index (κ3) is 3.56. The average Bonchev–Trinajstić information content (AvgIpc) is 3.01. The molecule has 1 aliphatic rings. The first-order valence-corrected chi connectivity index (χ1v) is 5.61. The number of hydrogen-bond acceptors (Lipinski definition) is 3. The van der Waals surface area contributed by atoms with Gasteiger partial charge in [0.25, 0.3) is 0 Å². The molecule has 1 N–H and O–H groups in total. The minimum absolute atomic E-state index is 0.330. The fourth-order valence-corrected chi connectivity index (χ4v) is 1.81. The molecule has 1 rings (SSSR count). The van der Waals surface area contributed by atoms with Crippen molar-refractivity contribution in [2.45, 2.75) is 38.3 Å². The van der Waals surface area contributed by atoms with Crippen molar-refractivity contribution in [1.29, 1.82) is 0 Å². The first-order valence-electron chi connectivity index (χ1n) is 5.61. The van der Waals surface area contributed by atoms with Crippen molar-refractivity contribution in [1.82, 2.24) is 5.32 Å². The highest BCUT2D eigenvalue weighted by molar-refractivity contribution is 4.89. The maximum absolute atomic E-state index is 5.55. The van der Waals surface area contributed by atoms with E-state index in [0.717, 1.165) is 25.6 Å². The van der Waals surface area contributed by atoms with Crippen LogP contribution in [0, 0.1) is 5.92 Å². The lowest BCUT2D eigenvalue weighted by Crippen LogP contribution is -2.43. The molecule has 0 radical (unpaired) electrons. The summed E-state index contributed by atoms with van der Waals surface area (Å²) >= 11 is 0. The van der Waals surface area contributed by atoms with Gasteiger partial charge in [0.2, 0.25) is 0 Å². The summed E-state index contributed by atoms with van der Waals surface area (Å²) < 4.78 is 11.1. The van der Waals surface area contributed by atoms with Crippen molar-refractivity contribution >= 4 is 0 Å². The van der Waals surface area contributed by atoms with E-state index in [-0.39, 0.29) is 0 Å². The summed E-state index contributed by atoms with van der Waals surface area (Å²) in [6.07, 6.45) is 4.03. The highest BCUT2D eigenvalue weighted by Gasteiger charge is 2.36. The summed E-state index contributed by atoms with van der Waals surface area (Å²) in [5.41, 5.74) is 0. The highest BCUT2D eigenvalue weighted by Crippen LogP contribution is 2.35. The summed E-state index contributed by atoms with van der Waals surface area (Å²) in [5.74, 6) is 0.752. The molecule has 2 atom stereocenters. The molecular formula is C11H23NO2. The van der Waals surface area contributed by atoms with Gasteiger partial charge in [-0.2, -0.15) is 0 Å². The van der Waals surface area contributed by atoms with Crippen LogP contribution in [0.4, 0.5) is 0 Å². The summed E-state index contributed by atoms with van der Waals surface area (Å²) in [7, 11) is 3.78. The van der Waals surface area contributed by atoms with Crippen molar-refractivity contribution < 1.29 is 9.47 Å². The molecule has 0 heterocycles. The van der Waals surface area contributed by atoms with Crippen LogP contribution in [0.3, 0.4) is 0 Å². The average molecular weight is 201 g/mol. The molecule has 1 saturated carbocycles. The van der Waals surface area contributed by atoms with Crippen molar-refractivity contribution in [2.75, 3.05) is 27.4 Å². The van der Waals surface area contributed by atoms with E-state index in [1.54, 1.807) is 7.11 Å². The molecule has 0 aromatic heterocycles. The molecule has 1 fully saturated rings. The van der Waals surface area contributed by atoms with E-state index in [1.807, 2.05) is 7.05 Å². The molecule has 0 aromatic carbocycles. The van der Waals surface area contributed by atoms with Crippen LogP contribution in [0.1, 0.15) is 26.2 Å². The van der Waals surface area contributed by atoms with Crippen LogP contribution >= 0.6 is 0 Å². The molecule has 0 aliphatic heterocycles. The van der Waals surface area contributed by atoms with Crippen molar-refractivity contribution in [2.24, 2.45) is 5.92 Å². The Kier molecular flexibility index (Phi) is 5.45. The van der Waals surface area contributed by atoms with Gasteiger partial charge >= 0.3 is 0 Å². The molecule has 0 aromatic rings. The van der Waals surface area contributed by atoms with Gasteiger partial charge in [0, 0.05) is 13.7 Å². The number of likely N-dealkylation sites (N-methyl/N-ethyl adjacent to an activating group) is 1. The zero-order valence-electron chi connectivity index (χ0n) is 9.58. The Hall–Kier alpha value is -0.120. The molecule has 3 nitrogen and oxygen atoms in total. The molecule has 0 spiro atoms. The van der Waals surface area contributed by atoms with E-state index >= 15 is 0 Å². The van der Waals surface area contributed by atoms with Crippen molar-refractivity contribution in [3.63, 3.8) is 0 Å². The Bertz CT molecular complexity index is 148. The van der Waals surface area contributed by atoms with Gasteiger partial charge in [-0.25, -0.2) is 0 Å². The Morgan fingerprint density at radius 1 is 1.43 bits per heavy atom. The zero-order chi connectivity index (χ0) is 10.4. The van der Waals surface area contributed by atoms with Gasteiger partial charge in [-0.05, 0) is 32.2 Å². The third-order valence-corrected chi connectivity index (χ3v) is 2.77. The monoisotopic (exact) mass is 201 g/mol. The van der Waals surface area contributed by atoms with E-state index in [9.17, 15) is 0 Å². The van der Waals surface area contributed by atoms with Crippen molar-refractivity contribution in [3.05, 3.63) is 0 Å². The number of nitrogens with one attached hydrogen (secondary N) is 1. The highest BCUT2D eigenvalue weighted by atomic mass is 16.5. The van der Waals surface area contributed by atoms with Crippen LogP contribution in [-0.4, -0.2) is 39.5 Å². The SMILES string of the molecule is CCCOCC(NC)C(OC)C1CC1. The zero-order valence-corrected chi connectivity index (χ0v) is 9.58. The van der Waals surface area contributed by atoms with E-state index in [1.165, 1.54) is 12.8 Å². The van der Waals surface area contributed by atoms with E-state index in [4.69, 9.17) is 9.47 Å².